The Balaban J connectivity index is 1.53. The van der Waals surface area contributed by atoms with E-state index in [1.165, 1.54) is 6.42 Å². The molecule has 1 aliphatic heterocycles. The van der Waals surface area contributed by atoms with Crippen LogP contribution in [0.3, 0.4) is 0 Å². The van der Waals surface area contributed by atoms with E-state index >= 15 is 0 Å². The van der Waals surface area contributed by atoms with Gasteiger partial charge in [0.1, 0.15) is 11.9 Å². The fraction of sp³-hybridized carbons (Fsp3) is 0.478. The number of rotatable bonds is 6. The van der Waals surface area contributed by atoms with Crippen LogP contribution in [-0.4, -0.2) is 32.8 Å². The van der Waals surface area contributed by atoms with Gasteiger partial charge in [-0.05, 0) is 50.8 Å². The Kier molecular flexibility index (Phi) is 5.45. The summed E-state index contributed by atoms with van der Waals surface area (Å²) in [6.45, 7) is 8.03. The monoisotopic (exact) mass is 408 g/mol. The molecule has 0 bridgehead atoms. The molecule has 4 rings (SSSR count). The number of anilines is 1. The number of carbonyl (C=O) groups is 2. The van der Waals surface area contributed by atoms with E-state index in [2.05, 4.69) is 15.3 Å². The van der Waals surface area contributed by atoms with Crippen LogP contribution in [0.1, 0.15) is 73.1 Å². The molecule has 1 atom stereocenters. The first kappa shape index (κ1) is 20.3. The molecule has 7 heteroatoms. The van der Waals surface area contributed by atoms with Crippen LogP contribution in [0.15, 0.2) is 24.5 Å². The first-order valence-electron chi connectivity index (χ1n) is 10.6. The Morgan fingerprint density at radius 1 is 1.27 bits per heavy atom. The number of amides is 2. The maximum atomic E-state index is 13.1. The van der Waals surface area contributed by atoms with Gasteiger partial charge in [0.05, 0.1) is 12.6 Å². The van der Waals surface area contributed by atoms with Crippen molar-refractivity contribution in [3.8, 4) is 5.88 Å². The molecule has 0 saturated heterocycles. The first-order chi connectivity index (χ1) is 14.3. The molecule has 1 unspecified atom stereocenters. The van der Waals surface area contributed by atoms with Gasteiger partial charge < -0.3 is 15.0 Å². The maximum Gasteiger partial charge on any atom is 0.255 e. The lowest BCUT2D eigenvalue weighted by Gasteiger charge is -2.28. The highest BCUT2D eigenvalue weighted by molar-refractivity contribution is 6.01. The SMILES string of the molecule is Cc1cc(C(C)N2Cc3c(ccnc3NC(=O)C(C)C)C2=O)cnc1OC1CCC1. The van der Waals surface area contributed by atoms with Crippen LogP contribution in [0.2, 0.25) is 0 Å². The number of nitrogens with one attached hydrogen (secondary N) is 1. The summed E-state index contributed by atoms with van der Waals surface area (Å²) in [6.07, 6.45) is 7.03. The van der Waals surface area contributed by atoms with Crippen LogP contribution >= 0.6 is 0 Å². The molecule has 158 valence electrons. The molecule has 7 nitrogen and oxygen atoms in total. The molecule has 1 saturated carbocycles. The van der Waals surface area contributed by atoms with E-state index in [9.17, 15) is 9.59 Å². The Morgan fingerprint density at radius 3 is 2.67 bits per heavy atom. The second-order valence-electron chi connectivity index (χ2n) is 8.50. The molecule has 2 aliphatic rings. The molecule has 1 fully saturated rings. The van der Waals surface area contributed by atoms with Gasteiger partial charge in [0, 0.05) is 35.0 Å². The third-order valence-electron chi connectivity index (χ3n) is 5.97. The van der Waals surface area contributed by atoms with E-state index in [4.69, 9.17) is 4.74 Å². The van der Waals surface area contributed by atoms with Crippen molar-refractivity contribution >= 4 is 17.6 Å². The van der Waals surface area contributed by atoms with Crippen molar-refractivity contribution < 1.29 is 14.3 Å². The number of carbonyl (C=O) groups excluding carboxylic acids is 2. The molecule has 1 N–H and O–H groups in total. The van der Waals surface area contributed by atoms with Crippen molar-refractivity contribution in [2.45, 2.75) is 65.6 Å². The van der Waals surface area contributed by atoms with Crippen molar-refractivity contribution in [3.63, 3.8) is 0 Å². The van der Waals surface area contributed by atoms with Gasteiger partial charge in [-0.3, -0.25) is 9.59 Å². The number of aryl methyl sites for hydroxylation is 1. The average Bonchev–Trinajstić information content (AvgIpc) is 3.02. The summed E-state index contributed by atoms with van der Waals surface area (Å²) in [5, 5.41) is 2.85. The lowest BCUT2D eigenvalue weighted by molar-refractivity contribution is -0.118. The van der Waals surface area contributed by atoms with Crippen molar-refractivity contribution in [2.75, 3.05) is 5.32 Å². The molecule has 1 aliphatic carbocycles. The van der Waals surface area contributed by atoms with Crippen LogP contribution < -0.4 is 10.1 Å². The Labute approximate surface area is 176 Å². The summed E-state index contributed by atoms with van der Waals surface area (Å²) in [5.41, 5.74) is 3.28. The van der Waals surface area contributed by atoms with Crippen molar-refractivity contribution in [1.29, 1.82) is 0 Å². The van der Waals surface area contributed by atoms with E-state index in [1.807, 2.05) is 33.8 Å². The molecule has 2 aromatic heterocycles. The Morgan fingerprint density at radius 2 is 2.03 bits per heavy atom. The largest absolute Gasteiger partial charge is 0.474 e. The number of hydrogen-bond acceptors (Lipinski definition) is 5. The summed E-state index contributed by atoms with van der Waals surface area (Å²) in [4.78, 5) is 35.8. The van der Waals surface area contributed by atoms with Gasteiger partial charge in [-0.15, -0.1) is 0 Å². The van der Waals surface area contributed by atoms with E-state index in [1.54, 1.807) is 23.4 Å². The van der Waals surface area contributed by atoms with Gasteiger partial charge >= 0.3 is 0 Å². The predicted molar refractivity (Wildman–Crippen MR) is 113 cm³/mol. The minimum Gasteiger partial charge on any atom is -0.474 e. The lowest BCUT2D eigenvalue weighted by atomic mass is 9.96. The summed E-state index contributed by atoms with van der Waals surface area (Å²) in [6, 6.07) is 3.60. The minimum absolute atomic E-state index is 0.0626. The van der Waals surface area contributed by atoms with Gasteiger partial charge in [0.15, 0.2) is 0 Å². The number of fused-ring (bicyclic) bond motifs is 1. The fourth-order valence-corrected chi connectivity index (χ4v) is 3.69. The van der Waals surface area contributed by atoms with Crippen LogP contribution in [0.4, 0.5) is 5.82 Å². The summed E-state index contributed by atoms with van der Waals surface area (Å²) in [7, 11) is 0. The van der Waals surface area contributed by atoms with E-state index in [0.29, 0.717) is 23.8 Å². The summed E-state index contributed by atoms with van der Waals surface area (Å²) < 4.78 is 5.94. The van der Waals surface area contributed by atoms with E-state index in [0.717, 1.165) is 29.5 Å². The van der Waals surface area contributed by atoms with E-state index in [-0.39, 0.29) is 29.9 Å². The van der Waals surface area contributed by atoms with Crippen LogP contribution in [0.25, 0.3) is 0 Å². The standard InChI is InChI=1S/C23H28N4O3/c1-13(2)21(28)26-20-19-12-27(23(29)18(19)8-9-24-20)15(4)16-10-14(3)22(25-11-16)30-17-6-5-7-17/h8-11,13,15,17H,5-7,12H2,1-4H3,(H,24,26,28). The molecular formula is C23H28N4O3. The zero-order valence-corrected chi connectivity index (χ0v) is 17.9. The molecule has 3 heterocycles. The Bertz CT molecular complexity index is 984. The van der Waals surface area contributed by atoms with Crippen LogP contribution in [0.5, 0.6) is 5.88 Å². The number of ether oxygens (including phenoxy) is 1. The molecular weight excluding hydrogens is 380 g/mol. The van der Waals surface area contributed by atoms with Crippen molar-refractivity contribution in [1.82, 2.24) is 14.9 Å². The molecule has 2 amide bonds. The summed E-state index contributed by atoms with van der Waals surface area (Å²) in [5.74, 6) is 0.802. The lowest BCUT2D eigenvalue weighted by Crippen LogP contribution is -2.28. The summed E-state index contributed by atoms with van der Waals surface area (Å²) >= 11 is 0. The van der Waals surface area contributed by atoms with Gasteiger partial charge in [-0.1, -0.05) is 13.8 Å². The number of aromatic nitrogens is 2. The zero-order valence-electron chi connectivity index (χ0n) is 17.9. The molecule has 2 aromatic rings. The first-order valence-corrected chi connectivity index (χ1v) is 10.6. The highest BCUT2D eigenvalue weighted by Gasteiger charge is 2.34. The number of hydrogen-bond donors (Lipinski definition) is 1. The molecule has 0 aromatic carbocycles. The smallest absolute Gasteiger partial charge is 0.255 e. The maximum absolute atomic E-state index is 13.1. The Hall–Kier alpha value is -2.96. The topological polar surface area (TPSA) is 84.4 Å². The normalized spacial score (nSPS) is 17.0. The second kappa shape index (κ2) is 8.05. The van der Waals surface area contributed by atoms with Crippen molar-refractivity contribution in [3.05, 3.63) is 46.8 Å². The third kappa shape index (κ3) is 3.76. The predicted octanol–water partition coefficient (Wildman–Crippen LogP) is 4.03. The molecule has 0 spiro atoms. The van der Waals surface area contributed by atoms with E-state index < -0.39 is 0 Å². The minimum atomic E-state index is -0.164. The van der Waals surface area contributed by atoms with Crippen LogP contribution in [-0.2, 0) is 11.3 Å². The van der Waals surface area contributed by atoms with Gasteiger partial charge in [0.2, 0.25) is 11.8 Å². The highest BCUT2D eigenvalue weighted by atomic mass is 16.5. The highest BCUT2D eigenvalue weighted by Crippen LogP contribution is 2.35. The fourth-order valence-electron chi connectivity index (χ4n) is 3.69. The van der Waals surface area contributed by atoms with Crippen LogP contribution in [0, 0.1) is 12.8 Å². The third-order valence-corrected chi connectivity index (χ3v) is 5.97. The average molecular weight is 409 g/mol. The number of pyridine rings is 2. The molecule has 0 radical (unpaired) electrons. The number of nitrogens with zero attached hydrogens (tertiary/aromatic N) is 3. The quantitative estimate of drug-likeness (QED) is 0.780. The molecule has 30 heavy (non-hydrogen) atoms. The zero-order chi connectivity index (χ0) is 21.4. The van der Waals surface area contributed by atoms with Crippen molar-refractivity contribution in [2.24, 2.45) is 5.92 Å². The second-order valence-corrected chi connectivity index (χ2v) is 8.50. The van der Waals surface area contributed by atoms with Gasteiger partial charge in [0.25, 0.3) is 5.91 Å². The van der Waals surface area contributed by atoms with Gasteiger partial charge in [-0.2, -0.15) is 0 Å². The van der Waals surface area contributed by atoms with Gasteiger partial charge in [-0.25, -0.2) is 9.97 Å².